The minimum Gasteiger partial charge on any atom is -0.309 e. The van der Waals surface area contributed by atoms with Crippen LogP contribution >= 0.6 is 0 Å². The highest BCUT2D eigenvalue weighted by atomic mass is 15.1. The molecule has 0 radical (unpaired) electrons. The molecule has 9 rings (SSSR count). The Morgan fingerprint density at radius 2 is 1.07 bits per heavy atom. The summed E-state index contributed by atoms with van der Waals surface area (Å²) in [5.41, 5.74) is 8.04. The molecule has 0 N–H and O–H groups in total. The zero-order chi connectivity index (χ0) is 27.6. The van der Waals surface area contributed by atoms with Gasteiger partial charge in [-0.2, -0.15) is 0 Å². The fourth-order valence-corrected chi connectivity index (χ4v) is 6.70. The molecule has 0 atom stereocenters. The van der Waals surface area contributed by atoms with Crippen molar-refractivity contribution in [2.24, 2.45) is 0 Å². The molecule has 0 spiro atoms. The van der Waals surface area contributed by atoms with Gasteiger partial charge >= 0.3 is 0 Å². The molecule has 196 valence electrons. The van der Waals surface area contributed by atoms with Crippen LogP contribution in [-0.4, -0.2) is 19.1 Å². The van der Waals surface area contributed by atoms with Crippen LogP contribution in [0.3, 0.4) is 0 Å². The topological polar surface area (TPSA) is 35.6 Å². The van der Waals surface area contributed by atoms with Crippen LogP contribution in [0, 0.1) is 0 Å². The van der Waals surface area contributed by atoms with Crippen molar-refractivity contribution in [2.75, 3.05) is 0 Å². The van der Waals surface area contributed by atoms with Crippen molar-refractivity contribution >= 4 is 54.4 Å². The van der Waals surface area contributed by atoms with Crippen LogP contribution in [0.15, 0.2) is 146 Å². The average molecular weight is 537 g/mol. The number of pyridine rings is 2. The van der Waals surface area contributed by atoms with E-state index in [1.54, 1.807) is 6.20 Å². The molecule has 5 aromatic carbocycles. The van der Waals surface area contributed by atoms with Crippen molar-refractivity contribution in [3.05, 3.63) is 146 Å². The first-order valence-electron chi connectivity index (χ1n) is 14.2. The third kappa shape index (κ3) is 3.23. The number of rotatable bonds is 3. The van der Waals surface area contributed by atoms with Gasteiger partial charge in [-0.25, -0.2) is 4.98 Å². The smallest absolute Gasteiger partial charge is 0.138 e. The predicted octanol–water partition coefficient (Wildman–Crippen LogP) is 9.49. The Hall–Kier alpha value is -5.74. The van der Waals surface area contributed by atoms with Gasteiger partial charge in [0.1, 0.15) is 5.82 Å². The van der Waals surface area contributed by atoms with E-state index in [0.29, 0.717) is 0 Å². The van der Waals surface area contributed by atoms with E-state index in [1.807, 2.05) is 24.5 Å². The Morgan fingerprint density at radius 1 is 0.429 bits per heavy atom. The van der Waals surface area contributed by atoms with Crippen molar-refractivity contribution in [1.29, 1.82) is 0 Å². The third-order valence-corrected chi connectivity index (χ3v) is 8.45. The van der Waals surface area contributed by atoms with Crippen molar-refractivity contribution in [2.45, 2.75) is 0 Å². The Balaban J connectivity index is 1.38. The first kappa shape index (κ1) is 23.0. The first-order chi connectivity index (χ1) is 20.9. The van der Waals surface area contributed by atoms with Crippen LogP contribution in [0.2, 0.25) is 0 Å². The second kappa shape index (κ2) is 8.88. The van der Waals surface area contributed by atoms with Gasteiger partial charge in [0.15, 0.2) is 0 Å². The highest BCUT2D eigenvalue weighted by Crippen LogP contribution is 2.42. The van der Waals surface area contributed by atoms with Crippen LogP contribution in [0.1, 0.15) is 0 Å². The molecule has 0 fully saturated rings. The Morgan fingerprint density at radius 3 is 1.76 bits per heavy atom. The van der Waals surface area contributed by atoms with E-state index in [1.165, 1.54) is 49.0 Å². The molecule has 0 aliphatic carbocycles. The monoisotopic (exact) mass is 536 g/mol. The molecule has 0 aliphatic heterocycles. The van der Waals surface area contributed by atoms with Crippen LogP contribution in [-0.2, 0) is 0 Å². The van der Waals surface area contributed by atoms with Gasteiger partial charge in [-0.1, -0.05) is 72.8 Å². The Kier molecular flexibility index (Phi) is 4.87. The summed E-state index contributed by atoms with van der Waals surface area (Å²) in [7, 11) is 0. The minimum atomic E-state index is 0.892. The van der Waals surface area contributed by atoms with Gasteiger partial charge in [0.2, 0.25) is 0 Å². The van der Waals surface area contributed by atoms with Gasteiger partial charge in [-0.3, -0.25) is 9.55 Å². The molecule has 0 aliphatic rings. The fraction of sp³-hybridized carbons (Fsp3) is 0. The quantitative estimate of drug-likeness (QED) is 0.225. The molecule has 0 amide bonds. The van der Waals surface area contributed by atoms with E-state index < -0.39 is 0 Å². The molecule has 4 aromatic heterocycles. The predicted molar refractivity (Wildman–Crippen MR) is 174 cm³/mol. The van der Waals surface area contributed by atoms with Gasteiger partial charge in [-0.15, -0.1) is 0 Å². The molecule has 0 saturated heterocycles. The molecule has 0 unspecified atom stereocenters. The van der Waals surface area contributed by atoms with E-state index >= 15 is 0 Å². The van der Waals surface area contributed by atoms with Crippen LogP contribution < -0.4 is 0 Å². The number of hydrogen-bond acceptors (Lipinski definition) is 2. The van der Waals surface area contributed by atoms with E-state index in [0.717, 1.165) is 28.0 Å². The summed E-state index contributed by atoms with van der Waals surface area (Å²) in [4.78, 5) is 9.18. The maximum atomic E-state index is 4.85. The lowest BCUT2D eigenvalue weighted by atomic mass is 9.99. The molecule has 4 heterocycles. The summed E-state index contributed by atoms with van der Waals surface area (Å²) in [5.74, 6) is 0.892. The van der Waals surface area contributed by atoms with Crippen LogP contribution in [0.4, 0.5) is 0 Å². The number of nitrogens with zero attached hydrogens (tertiary/aromatic N) is 4. The summed E-state index contributed by atoms with van der Waals surface area (Å²) < 4.78 is 4.67. The number of para-hydroxylation sites is 3. The largest absolute Gasteiger partial charge is 0.309 e. The number of aromatic nitrogens is 4. The Labute approximate surface area is 241 Å². The van der Waals surface area contributed by atoms with E-state index in [-0.39, 0.29) is 0 Å². The number of fused-ring (bicyclic) bond motifs is 9. The van der Waals surface area contributed by atoms with Gasteiger partial charge in [0.05, 0.1) is 22.1 Å². The average Bonchev–Trinajstić information content (AvgIpc) is 3.59. The van der Waals surface area contributed by atoms with Gasteiger partial charge in [-0.05, 0) is 70.9 Å². The van der Waals surface area contributed by atoms with E-state index in [2.05, 4.69) is 129 Å². The standard InChI is InChI=1S/C38H24N4/c1-2-10-27(11-3-1)41-32-14-6-4-12-30(32)37-28-17-19-35-38(29(28)16-18-34(37)41)31-13-5-7-15-33(31)42(35)36-23-25(20-22-40-36)26-9-8-21-39-24-26/h1-24H. The summed E-state index contributed by atoms with van der Waals surface area (Å²) in [6.45, 7) is 0. The lowest BCUT2D eigenvalue weighted by Gasteiger charge is -2.10. The molecule has 4 heteroatoms. The highest BCUT2D eigenvalue weighted by molar-refractivity contribution is 6.29. The maximum Gasteiger partial charge on any atom is 0.138 e. The molecule has 4 nitrogen and oxygen atoms in total. The van der Waals surface area contributed by atoms with Crippen LogP contribution in [0.5, 0.6) is 0 Å². The summed E-state index contributed by atoms with van der Waals surface area (Å²) in [5, 5.41) is 7.51. The highest BCUT2D eigenvalue weighted by Gasteiger charge is 2.19. The third-order valence-electron chi connectivity index (χ3n) is 8.45. The molecular formula is C38H24N4. The maximum absolute atomic E-state index is 4.85. The normalized spacial score (nSPS) is 11.8. The molecule has 0 bridgehead atoms. The molecular weight excluding hydrogens is 512 g/mol. The van der Waals surface area contributed by atoms with E-state index in [4.69, 9.17) is 4.98 Å². The Bertz CT molecular complexity index is 2450. The second-order valence-corrected chi connectivity index (χ2v) is 10.7. The van der Waals surface area contributed by atoms with Crippen LogP contribution in [0.25, 0.3) is 77.0 Å². The SMILES string of the molecule is c1ccc(-n2c3ccccc3c3c4ccc5c(c4ccc32)c2ccccc2n5-c2cc(-c3cccnc3)ccn2)cc1. The van der Waals surface area contributed by atoms with Gasteiger partial charge in [0, 0.05) is 51.4 Å². The zero-order valence-corrected chi connectivity index (χ0v) is 22.6. The summed E-state index contributed by atoms with van der Waals surface area (Å²) in [6.07, 6.45) is 5.59. The molecule has 42 heavy (non-hydrogen) atoms. The number of hydrogen-bond donors (Lipinski definition) is 0. The first-order valence-corrected chi connectivity index (χ1v) is 14.2. The van der Waals surface area contributed by atoms with E-state index in [9.17, 15) is 0 Å². The molecule has 9 aromatic rings. The van der Waals surface area contributed by atoms with Gasteiger partial charge < -0.3 is 4.57 Å². The minimum absolute atomic E-state index is 0.892. The van der Waals surface area contributed by atoms with Gasteiger partial charge in [0.25, 0.3) is 0 Å². The zero-order valence-electron chi connectivity index (χ0n) is 22.6. The molecule has 0 saturated carbocycles. The van der Waals surface area contributed by atoms with Crippen molar-refractivity contribution < 1.29 is 0 Å². The summed E-state index contributed by atoms with van der Waals surface area (Å²) in [6, 6.07) is 45.4. The lowest BCUT2D eigenvalue weighted by Crippen LogP contribution is -1.97. The van der Waals surface area contributed by atoms with Crippen molar-refractivity contribution in [3.8, 4) is 22.6 Å². The summed E-state index contributed by atoms with van der Waals surface area (Å²) >= 11 is 0. The van der Waals surface area contributed by atoms with Crippen molar-refractivity contribution in [3.63, 3.8) is 0 Å². The fourth-order valence-electron chi connectivity index (χ4n) is 6.70. The van der Waals surface area contributed by atoms with Crippen molar-refractivity contribution in [1.82, 2.24) is 19.1 Å². The lowest BCUT2D eigenvalue weighted by molar-refractivity contribution is 1.08. The number of benzene rings is 5. The second-order valence-electron chi connectivity index (χ2n) is 10.7.